The lowest BCUT2D eigenvalue weighted by molar-refractivity contribution is -0.137. The van der Waals surface area contributed by atoms with E-state index in [1.165, 1.54) is 6.07 Å². The summed E-state index contributed by atoms with van der Waals surface area (Å²) in [5.41, 5.74) is 27.8. The highest BCUT2D eigenvalue weighted by atomic mass is 19.4. The summed E-state index contributed by atoms with van der Waals surface area (Å²) in [7, 11) is 0. The highest BCUT2D eigenvalue weighted by molar-refractivity contribution is 5.81. The van der Waals surface area contributed by atoms with Crippen molar-refractivity contribution < 1.29 is 13.2 Å². The average molecular weight is 435 g/mol. The normalized spacial score (nSPS) is 11.5. The van der Waals surface area contributed by atoms with Gasteiger partial charge in [0.25, 0.3) is 0 Å². The zero-order valence-corrected chi connectivity index (χ0v) is 16.8. The molecule has 0 saturated carbocycles. The Bertz CT molecular complexity index is 1250. The van der Waals surface area contributed by atoms with Crippen LogP contribution >= 0.6 is 0 Å². The van der Waals surface area contributed by atoms with Crippen LogP contribution in [0.15, 0.2) is 72.8 Å². The van der Waals surface area contributed by atoms with Crippen molar-refractivity contribution in [1.29, 1.82) is 0 Å². The minimum atomic E-state index is -4.45. The highest BCUT2D eigenvalue weighted by Crippen LogP contribution is 2.36. The van der Waals surface area contributed by atoms with Crippen LogP contribution in [0.5, 0.6) is 0 Å². The molecular formula is C24H20F3N5. The molecule has 4 aromatic rings. The van der Waals surface area contributed by atoms with Gasteiger partial charge in [-0.25, -0.2) is 4.98 Å². The van der Waals surface area contributed by atoms with Crippen LogP contribution in [0.2, 0.25) is 0 Å². The Labute approximate surface area is 182 Å². The van der Waals surface area contributed by atoms with E-state index in [1.54, 1.807) is 54.6 Å². The van der Waals surface area contributed by atoms with Crippen LogP contribution in [0.25, 0.3) is 33.6 Å². The Morgan fingerprint density at radius 1 is 0.531 bits per heavy atom. The van der Waals surface area contributed by atoms with Crippen molar-refractivity contribution in [2.75, 3.05) is 22.9 Å². The van der Waals surface area contributed by atoms with E-state index in [9.17, 15) is 13.2 Å². The molecule has 32 heavy (non-hydrogen) atoms. The van der Waals surface area contributed by atoms with Crippen LogP contribution in [0.1, 0.15) is 5.56 Å². The standard InChI is InChI=1S/C24H20F3N5/c25-24(26,27)17-3-1-2-13(8-17)16-11-22(14-4-6-18(28)20(30)9-14)32-23(12-16)15-5-7-19(29)21(31)10-15/h1-12H,28-31H2. The number of rotatable bonds is 3. The summed E-state index contributed by atoms with van der Waals surface area (Å²) in [6, 6.07) is 18.7. The maximum atomic E-state index is 13.3. The predicted octanol–water partition coefficient (Wildman–Crippen LogP) is 5.43. The molecule has 8 heteroatoms. The van der Waals surface area contributed by atoms with Gasteiger partial charge in [-0.15, -0.1) is 0 Å². The molecule has 8 N–H and O–H groups in total. The van der Waals surface area contributed by atoms with Crippen molar-refractivity contribution in [3.63, 3.8) is 0 Å². The molecule has 0 spiro atoms. The molecule has 3 aromatic carbocycles. The van der Waals surface area contributed by atoms with Gasteiger partial charge in [-0.3, -0.25) is 0 Å². The van der Waals surface area contributed by atoms with Crippen LogP contribution in [-0.4, -0.2) is 4.98 Å². The SMILES string of the molecule is Nc1ccc(-c2cc(-c3cccc(C(F)(F)F)c3)cc(-c3ccc(N)c(N)c3)n2)cc1N. The van der Waals surface area contributed by atoms with Crippen LogP contribution in [0.3, 0.4) is 0 Å². The van der Waals surface area contributed by atoms with Gasteiger partial charge >= 0.3 is 6.18 Å². The van der Waals surface area contributed by atoms with Crippen LogP contribution in [-0.2, 0) is 6.18 Å². The van der Waals surface area contributed by atoms with E-state index in [0.29, 0.717) is 56.4 Å². The van der Waals surface area contributed by atoms with E-state index >= 15 is 0 Å². The lowest BCUT2D eigenvalue weighted by Crippen LogP contribution is -2.04. The first-order valence-electron chi connectivity index (χ1n) is 9.62. The second-order valence-electron chi connectivity index (χ2n) is 7.39. The quantitative estimate of drug-likeness (QED) is 0.320. The Kier molecular flexibility index (Phi) is 5.14. The smallest absolute Gasteiger partial charge is 0.397 e. The van der Waals surface area contributed by atoms with Gasteiger partial charge in [0.1, 0.15) is 0 Å². The van der Waals surface area contributed by atoms with E-state index in [2.05, 4.69) is 0 Å². The van der Waals surface area contributed by atoms with Gasteiger partial charge in [0, 0.05) is 11.1 Å². The Balaban J connectivity index is 1.93. The van der Waals surface area contributed by atoms with Crippen molar-refractivity contribution in [3.8, 4) is 33.6 Å². The van der Waals surface area contributed by atoms with Crippen LogP contribution in [0.4, 0.5) is 35.9 Å². The Morgan fingerprint density at radius 3 is 1.53 bits per heavy atom. The van der Waals surface area contributed by atoms with Gasteiger partial charge in [-0.05, 0) is 59.7 Å². The van der Waals surface area contributed by atoms with E-state index in [0.717, 1.165) is 12.1 Å². The molecule has 0 bridgehead atoms. The summed E-state index contributed by atoms with van der Waals surface area (Å²) in [4.78, 5) is 4.70. The molecule has 0 fully saturated rings. The maximum absolute atomic E-state index is 13.3. The van der Waals surface area contributed by atoms with Crippen LogP contribution < -0.4 is 22.9 Å². The third-order valence-corrected chi connectivity index (χ3v) is 5.11. The fourth-order valence-corrected chi connectivity index (χ4v) is 3.34. The summed E-state index contributed by atoms with van der Waals surface area (Å²) < 4.78 is 39.8. The molecule has 0 saturated heterocycles. The number of hydrogen-bond donors (Lipinski definition) is 4. The van der Waals surface area contributed by atoms with Crippen LogP contribution in [0, 0.1) is 0 Å². The van der Waals surface area contributed by atoms with Gasteiger partial charge in [-0.1, -0.05) is 24.3 Å². The fourth-order valence-electron chi connectivity index (χ4n) is 3.34. The summed E-state index contributed by atoms with van der Waals surface area (Å²) >= 11 is 0. The van der Waals surface area contributed by atoms with Crippen molar-refractivity contribution in [2.45, 2.75) is 6.18 Å². The molecule has 1 aromatic heterocycles. The zero-order chi connectivity index (χ0) is 23.0. The third kappa shape index (κ3) is 4.15. The number of nitrogens with zero attached hydrogens (tertiary/aromatic N) is 1. The van der Waals surface area contributed by atoms with Gasteiger partial charge in [0.05, 0.1) is 39.7 Å². The minimum absolute atomic E-state index is 0.382. The topological polar surface area (TPSA) is 117 Å². The number of halogens is 3. The number of nitrogens with two attached hydrogens (primary N) is 4. The third-order valence-electron chi connectivity index (χ3n) is 5.11. The van der Waals surface area contributed by atoms with Gasteiger partial charge in [0.15, 0.2) is 0 Å². The summed E-state index contributed by atoms with van der Waals surface area (Å²) in [5, 5.41) is 0. The number of nitrogen functional groups attached to an aromatic ring is 4. The molecule has 0 unspecified atom stereocenters. The van der Waals surface area contributed by atoms with Crippen molar-refractivity contribution in [3.05, 3.63) is 78.4 Å². The largest absolute Gasteiger partial charge is 0.416 e. The molecule has 0 radical (unpaired) electrons. The van der Waals surface area contributed by atoms with Crippen molar-refractivity contribution in [1.82, 2.24) is 4.98 Å². The molecule has 4 rings (SSSR count). The number of anilines is 4. The molecule has 0 atom stereocenters. The molecule has 0 aliphatic heterocycles. The van der Waals surface area contributed by atoms with Crippen molar-refractivity contribution >= 4 is 22.7 Å². The number of benzene rings is 3. The molecule has 0 amide bonds. The second kappa shape index (κ2) is 7.81. The molecular weight excluding hydrogens is 415 g/mol. The first kappa shape index (κ1) is 21.0. The second-order valence-corrected chi connectivity index (χ2v) is 7.39. The predicted molar refractivity (Wildman–Crippen MR) is 123 cm³/mol. The molecule has 5 nitrogen and oxygen atoms in total. The summed E-state index contributed by atoms with van der Waals surface area (Å²) in [6.07, 6.45) is -4.45. The monoisotopic (exact) mass is 435 g/mol. The summed E-state index contributed by atoms with van der Waals surface area (Å²) in [6.45, 7) is 0. The van der Waals surface area contributed by atoms with Gasteiger partial charge in [-0.2, -0.15) is 13.2 Å². The lowest BCUT2D eigenvalue weighted by Gasteiger charge is -2.13. The average Bonchev–Trinajstić information content (AvgIpc) is 2.76. The molecule has 1 heterocycles. The molecule has 162 valence electrons. The number of alkyl halides is 3. The molecule has 0 aliphatic carbocycles. The molecule has 0 aliphatic rings. The maximum Gasteiger partial charge on any atom is 0.416 e. The first-order valence-corrected chi connectivity index (χ1v) is 9.62. The number of aromatic nitrogens is 1. The van der Waals surface area contributed by atoms with E-state index in [4.69, 9.17) is 27.9 Å². The zero-order valence-electron chi connectivity index (χ0n) is 16.8. The van der Waals surface area contributed by atoms with E-state index < -0.39 is 11.7 Å². The van der Waals surface area contributed by atoms with Crippen molar-refractivity contribution in [2.24, 2.45) is 0 Å². The Hall–Kier alpha value is -4.20. The number of hydrogen-bond acceptors (Lipinski definition) is 5. The van der Waals surface area contributed by atoms with E-state index in [1.807, 2.05) is 0 Å². The van der Waals surface area contributed by atoms with Gasteiger partial charge < -0.3 is 22.9 Å². The van der Waals surface area contributed by atoms with Gasteiger partial charge in [0.2, 0.25) is 0 Å². The minimum Gasteiger partial charge on any atom is -0.397 e. The Morgan fingerprint density at radius 2 is 1.06 bits per heavy atom. The highest BCUT2D eigenvalue weighted by Gasteiger charge is 2.30. The number of pyridine rings is 1. The first-order chi connectivity index (χ1) is 15.1. The fraction of sp³-hybridized carbons (Fsp3) is 0.0417. The van der Waals surface area contributed by atoms with E-state index in [-0.39, 0.29) is 0 Å². The lowest BCUT2D eigenvalue weighted by atomic mass is 9.98. The summed E-state index contributed by atoms with van der Waals surface area (Å²) in [5.74, 6) is 0.